The van der Waals surface area contributed by atoms with Gasteiger partial charge in [0.1, 0.15) is 5.82 Å². The van der Waals surface area contributed by atoms with Crippen molar-refractivity contribution in [2.24, 2.45) is 10.2 Å². The zero-order valence-electron chi connectivity index (χ0n) is 20.0. The SMILES string of the molecule is O=C(N=Nc1c(O)n(CN(Cc2ccccc2)Cc2ccccc2)c2ccccc12)c1ccc(F)cc1. The molecule has 0 aliphatic carbocycles. The van der Waals surface area contributed by atoms with Gasteiger partial charge in [0.25, 0.3) is 5.91 Å². The number of amides is 1. The van der Waals surface area contributed by atoms with Crippen LogP contribution in [0.4, 0.5) is 10.1 Å². The molecule has 0 radical (unpaired) electrons. The Bertz CT molecular complexity index is 1490. The van der Waals surface area contributed by atoms with E-state index in [2.05, 4.69) is 39.4 Å². The molecule has 0 spiro atoms. The first-order valence-corrected chi connectivity index (χ1v) is 11.9. The summed E-state index contributed by atoms with van der Waals surface area (Å²) in [5, 5.41) is 19.8. The normalized spacial score (nSPS) is 11.5. The number of para-hydroxylation sites is 1. The predicted octanol–water partition coefficient (Wildman–Crippen LogP) is 7.07. The smallest absolute Gasteiger partial charge is 0.295 e. The van der Waals surface area contributed by atoms with Gasteiger partial charge < -0.3 is 5.11 Å². The van der Waals surface area contributed by atoms with E-state index >= 15 is 0 Å². The van der Waals surface area contributed by atoms with Crippen molar-refractivity contribution in [1.82, 2.24) is 9.47 Å². The van der Waals surface area contributed by atoms with Crippen LogP contribution in [0.15, 0.2) is 119 Å². The standard InChI is InChI=1S/C30H25FN4O2/c31-25-17-15-24(16-18-25)29(36)33-32-28-26-13-7-8-14-27(26)35(30(28)37)21-34(19-22-9-3-1-4-10-22)20-23-11-5-2-6-12-23/h1-18,37H,19-21H2. The van der Waals surface area contributed by atoms with Crippen molar-refractivity contribution in [2.75, 3.05) is 0 Å². The number of hydrogen-bond acceptors (Lipinski definition) is 4. The maximum absolute atomic E-state index is 13.2. The Morgan fingerprint density at radius 2 is 1.35 bits per heavy atom. The number of aromatic hydroxyl groups is 1. The molecule has 1 N–H and O–H groups in total. The van der Waals surface area contributed by atoms with Gasteiger partial charge in [-0.05, 0) is 41.5 Å². The highest BCUT2D eigenvalue weighted by atomic mass is 19.1. The molecule has 5 aromatic rings. The second kappa shape index (κ2) is 11.0. The average Bonchev–Trinajstić information content (AvgIpc) is 3.19. The van der Waals surface area contributed by atoms with Crippen molar-refractivity contribution in [3.8, 4) is 5.88 Å². The van der Waals surface area contributed by atoms with E-state index in [9.17, 15) is 14.3 Å². The van der Waals surface area contributed by atoms with E-state index in [0.29, 0.717) is 25.1 Å². The second-order valence-electron chi connectivity index (χ2n) is 8.73. The van der Waals surface area contributed by atoms with Crippen molar-refractivity contribution >= 4 is 22.5 Å². The van der Waals surface area contributed by atoms with Gasteiger partial charge in [-0.15, -0.1) is 10.2 Å². The van der Waals surface area contributed by atoms with Crippen LogP contribution in [0.1, 0.15) is 21.5 Å². The first-order valence-electron chi connectivity index (χ1n) is 11.9. The minimum absolute atomic E-state index is 0.0806. The molecule has 5 rings (SSSR count). The molecule has 1 amide bonds. The van der Waals surface area contributed by atoms with Crippen molar-refractivity contribution in [2.45, 2.75) is 19.8 Å². The third-order valence-corrected chi connectivity index (χ3v) is 6.09. The fraction of sp³-hybridized carbons (Fsp3) is 0.100. The average molecular weight is 493 g/mol. The summed E-state index contributed by atoms with van der Waals surface area (Å²) in [4.78, 5) is 14.7. The van der Waals surface area contributed by atoms with Crippen LogP contribution in [0.25, 0.3) is 10.9 Å². The molecule has 0 saturated carbocycles. The van der Waals surface area contributed by atoms with Gasteiger partial charge in [0, 0.05) is 24.0 Å². The first kappa shape index (κ1) is 24.1. The maximum Gasteiger partial charge on any atom is 0.295 e. The molecule has 37 heavy (non-hydrogen) atoms. The summed E-state index contributed by atoms with van der Waals surface area (Å²) in [5.74, 6) is -1.14. The molecular formula is C30H25FN4O2. The Hall–Kier alpha value is -4.62. The molecule has 0 fully saturated rings. The lowest BCUT2D eigenvalue weighted by Crippen LogP contribution is -2.25. The minimum Gasteiger partial charge on any atom is -0.493 e. The lowest BCUT2D eigenvalue weighted by atomic mass is 10.2. The van der Waals surface area contributed by atoms with Crippen LogP contribution in [0.2, 0.25) is 0 Å². The monoisotopic (exact) mass is 492 g/mol. The van der Waals surface area contributed by atoms with Gasteiger partial charge in [0.2, 0.25) is 5.88 Å². The number of nitrogens with zero attached hydrogens (tertiary/aromatic N) is 4. The summed E-state index contributed by atoms with van der Waals surface area (Å²) < 4.78 is 15.0. The van der Waals surface area contributed by atoms with Crippen LogP contribution in [0.3, 0.4) is 0 Å². The second-order valence-corrected chi connectivity index (χ2v) is 8.73. The van der Waals surface area contributed by atoms with Crippen LogP contribution in [0.5, 0.6) is 5.88 Å². The van der Waals surface area contributed by atoms with E-state index in [-0.39, 0.29) is 17.1 Å². The highest BCUT2D eigenvalue weighted by Crippen LogP contribution is 2.39. The Morgan fingerprint density at radius 1 is 0.784 bits per heavy atom. The van der Waals surface area contributed by atoms with Crippen LogP contribution in [0, 0.1) is 5.82 Å². The van der Waals surface area contributed by atoms with Crippen LogP contribution in [-0.2, 0) is 19.8 Å². The largest absolute Gasteiger partial charge is 0.493 e. The molecule has 0 saturated heterocycles. The van der Waals surface area contributed by atoms with Crippen molar-refractivity contribution < 1.29 is 14.3 Å². The van der Waals surface area contributed by atoms with E-state index in [1.165, 1.54) is 24.3 Å². The summed E-state index contributed by atoms with van der Waals surface area (Å²) in [6.07, 6.45) is 0. The number of azo groups is 1. The lowest BCUT2D eigenvalue weighted by molar-refractivity contribution is 0.0995. The summed E-state index contributed by atoms with van der Waals surface area (Å²) in [7, 11) is 0. The van der Waals surface area contributed by atoms with E-state index in [1.807, 2.05) is 60.7 Å². The van der Waals surface area contributed by atoms with Crippen molar-refractivity contribution in [1.29, 1.82) is 0 Å². The Balaban J connectivity index is 1.48. The summed E-state index contributed by atoms with van der Waals surface area (Å²) >= 11 is 0. The highest BCUT2D eigenvalue weighted by Gasteiger charge is 2.19. The number of halogens is 1. The zero-order chi connectivity index (χ0) is 25.6. The van der Waals surface area contributed by atoms with Gasteiger partial charge in [0.05, 0.1) is 12.2 Å². The fourth-order valence-corrected chi connectivity index (χ4v) is 4.30. The van der Waals surface area contributed by atoms with Gasteiger partial charge >= 0.3 is 0 Å². The van der Waals surface area contributed by atoms with Crippen molar-refractivity contribution in [3.63, 3.8) is 0 Å². The molecule has 184 valence electrons. The van der Waals surface area contributed by atoms with E-state index in [1.54, 1.807) is 4.57 Å². The number of rotatable bonds is 8. The number of fused-ring (bicyclic) bond motifs is 1. The van der Waals surface area contributed by atoms with Crippen LogP contribution >= 0.6 is 0 Å². The maximum atomic E-state index is 13.2. The number of benzene rings is 4. The number of carbonyl (C=O) groups excluding carboxylic acids is 1. The third kappa shape index (κ3) is 5.63. The quantitative estimate of drug-likeness (QED) is 0.236. The number of hydrogen-bond donors (Lipinski definition) is 1. The molecule has 0 atom stereocenters. The molecule has 0 unspecified atom stereocenters. The summed E-state index contributed by atoms with van der Waals surface area (Å²) in [6.45, 7) is 1.72. The highest BCUT2D eigenvalue weighted by molar-refractivity contribution is 5.97. The molecule has 4 aromatic carbocycles. The lowest BCUT2D eigenvalue weighted by Gasteiger charge is -2.24. The van der Waals surface area contributed by atoms with Crippen LogP contribution < -0.4 is 0 Å². The number of aromatic nitrogens is 1. The molecule has 1 aromatic heterocycles. The molecule has 7 heteroatoms. The fourth-order valence-electron chi connectivity index (χ4n) is 4.30. The van der Waals surface area contributed by atoms with Gasteiger partial charge in [0.15, 0.2) is 5.69 Å². The zero-order valence-corrected chi connectivity index (χ0v) is 20.0. The number of carbonyl (C=O) groups is 1. The Labute approximate surface area is 213 Å². The summed E-state index contributed by atoms with van der Waals surface area (Å²) in [5.41, 5.74) is 3.50. The van der Waals surface area contributed by atoms with E-state index in [0.717, 1.165) is 16.6 Å². The molecule has 0 bridgehead atoms. The molecule has 0 aliphatic rings. The van der Waals surface area contributed by atoms with Gasteiger partial charge in [-0.1, -0.05) is 78.9 Å². The predicted molar refractivity (Wildman–Crippen MR) is 141 cm³/mol. The van der Waals surface area contributed by atoms with Gasteiger partial charge in [-0.2, -0.15) is 0 Å². The van der Waals surface area contributed by atoms with E-state index < -0.39 is 11.7 Å². The Morgan fingerprint density at radius 3 is 1.97 bits per heavy atom. The molecule has 1 heterocycles. The topological polar surface area (TPSA) is 70.2 Å². The van der Waals surface area contributed by atoms with E-state index in [4.69, 9.17) is 0 Å². The minimum atomic E-state index is -0.619. The first-order chi connectivity index (χ1) is 18.1. The summed E-state index contributed by atoms with van der Waals surface area (Å²) in [6, 6.07) is 32.9. The molecule has 0 aliphatic heterocycles. The van der Waals surface area contributed by atoms with Gasteiger partial charge in [-0.25, -0.2) is 4.39 Å². The van der Waals surface area contributed by atoms with Crippen LogP contribution in [-0.4, -0.2) is 20.5 Å². The van der Waals surface area contributed by atoms with Gasteiger partial charge in [-0.3, -0.25) is 14.3 Å². The molecule has 6 nitrogen and oxygen atoms in total. The Kier molecular flexibility index (Phi) is 7.14. The van der Waals surface area contributed by atoms with Crippen molar-refractivity contribution in [3.05, 3.63) is 132 Å². The third-order valence-electron chi connectivity index (χ3n) is 6.09. The molecular weight excluding hydrogens is 467 g/mol.